The predicted octanol–water partition coefficient (Wildman–Crippen LogP) is 1.73. The van der Waals surface area contributed by atoms with E-state index in [1.54, 1.807) is 12.1 Å². The summed E-state index contributed by atoms with van der Waals surface area (Å²) in [5, 5.41) is 6.10. The minimum Gasteiger partial charge on any atom is -0.380 e. The summed E-state index contributed by atoms with van der Waals surface area (Å²) in [4.78, 5) is 12.0. The molecule has 0 saturated carbocycles. The highest BCUT2D eigenvalue weighted by molar-refractivity contribution is 5.81. The van der Waals surface area contributed by atoms with Crippen LogP contribution in [-0.2, 0) is 22.7 Å². The van der Waals surface area contributed by atoms with Crippen molar-refractivity contribution in [3.05, 3.63) is 35.1 Å². The first-order valence-electron chi connectivity index (χ1n) is 6.98. The zero-order valence-corrected chi connectivity index (χ0v) is 11.7. The van der Waals surface area contributed by atoms with E-state index < -0.39 is 0 Å². The molecule has 0 aliphatic carbocycles. The third-order valence-electron chi connectivity index (χ3n) is 3.50. The molecule has 2 rings (SSSR count). The van der Waals surface area contributed by atoms with Gasteiger partial charge >= 0.3 is 0 Å². The summed E-state index contributed by atoms with van der Waals surface area (Å²) in [6, 6.07) is 4.73. The molecule has 0 radical (unpaired) electrons. The summed E-state index contributed by atoms with van der Waals surface area (Å²) in [5.74, 6) is -0.266. The zero-order valence-electron chi connectivity index (χ0n) is 11.7. The Morgan fingerprint density at radius 3 is 3.05 bits per heavy atom. The number of carbonyl (C=O) groups excluding carboxylic acids is 1. The number of halogens is 1. The summed E-state index contributed by atoms with van der Waals surface area (Å²) in [5.41, 5.74) is 1.39. The van der Waals surface area contributed by atoms with E-state index in [9.17, 15) is 9.18 Å². The highest BCUT2D eigenvalue weighted by atomic mass is 19.1. The molecule has 1 aliphatic rings. The van der Waals surface area contributed by atoms with E-state index >= 15 is 0 Å². The van der Waals surface area contributed by atoms with Crippen LogP contribution < -0.4 is 10.6 Å². The number of amides is 1. The fourth-order valence-electron chi connectivity index (χ4n) is 2.39. The minimum absolute atomic E-state index is 0.0160. The first-order valence-corrected chi connectivity index (χ1v) is 6.98. The SMILES string of the molecule is COCc1cc(CNC(=O)C2CCCCN2)ccc1F. The van der Waals surface area contributed by atoms with Gasteiger partial charge in [0.1, 0.15) is 5.82 Å². The highest BCUT2D eigenvalue weighted by Crippen LogP contribution is 2.12. The highest BCUT2D eigenvalue weighted by Gasteiger charge is 2.19. The lowest BCUT2D eigenvalue weighted by Crippen LogP contribution is -2.46. The molecule has 110 valence electrons. The van der Waals surface area contributed by atoms with Gasteiger partial charge in [0.2, 0.25) is 5.91 Å². The number of hydrogen-bond acceptors (Lipinski definition) is 3. The standard InChI is InChI=1S/C15H21FN2O2/c1-20-10-12-8-11(5-6-13(12)16)9-18-15(19)14-4-2-3-7-17-14/h5-6,8,14,17H,2-4,7,9-10H2,1H3,(H,18,19). The Labute approximate surface area is 118 Å². The maximum absolute atomic E-state index is 13.5. The fourth-order valence-corrected chi connectivity index (χ4v) is 2.39. The van der Waals surface area contributed by atoms with E-state index in [-0.39, 0.29) is 24.4 Å². The van der Waals surface area contributed by atoms with Crippen molar-refractivity contribution in [2.24, 2.45) is 0 Å². The molecule has 5 heteroatoms. The first kappa shape index (κ1) is 14.9. The van der Waals surface area contributed by atoms with E-state index in [2.05, 4.69) is 10.6 Å². The summed E-state index contributed by atoms with van der Waals surface area (Å²) in [7, 11) is 1.53. The van der Waals surface area contributed by atoms with Crippen LogP contribution in [0.3, 0.4) is 0 Å². The van der Waals surface area contributed by atoms with Crippen molar-refractivity contribution in [1.82, 2.24) is 10.6 Å². The normalized spacial score (nSPS) is 18.8. The lowest BCUT2D eigenvalue weighted by molar-refractivity contribution is -0.123. The van der Waals surface area contributed by atoms with E-state index in [1.165, 1.54) is 13.2 Å². The van der Waals surface area contributed by atoms with Crippen LogP contribution in [0.4, 0.5) is 4.39 Å². The van der Waals surface area contributed by atoms with Crippen molar-refractivity contribution in [2.75, 3.05) is 13.7 Å². The molecule has 1 fully saturated rings. The van der Waals surface area contributed by atoms with Crippen LogP contribution in [0.5, 0.6) is 0 Å². The van der Waals surface area contributed by atoms with Crippen molar-refractivity contribution in [2.45, 2.75) is 38.5 Å². The van der Waals surface area contributed by atoms with Gasteiger partial charge in [0, 0.05) is 19.2 Å². The molecule has 4 nitrogen and oxygen atoms in total. The van der Waals surface area contributed by atoms with Gasteiger partial charge in [0.05, 0.1) is 12.6 Å². The molecule has 0 spiro atoms. The molecule has 1 saturated heterocycles. The monoisotopic (exact) mass is 280 g/mol. The second-order valence-corrected chi connectivity index (χ2v) is 5.08. The average Bonchev–Trinajstić information content (AvgIpc) is 2.49. The Morgan fingerprint density at radius 1 is 1.50 bits per heavy atom. The van der Waals surface area contributed by atoms with E-state index in [1.807, 2.05) is 0 Å². The number of rotatable bonds is 5. The van der Waals surface area contributed by atoms with Crippen molar-refractivity contribution >= 4 is 5.91 Å². The molecule has 0 bridgehead atoms. The Kier molecular flexibility index (Phi) is 5.49. The van der Waals surface area contributed by atoms with Gasteiger partial charge in [0.25, 0.3) is 0 Å². The molecular formula is C15H21FN2O2. The predicted molar refractivity (Wildman–Crippen MR) is 74.6 cm³/mol. The smallest absolute Gasteiger partial charge is 0.237 e. The Balaban J connectivity index is 1.89. The number of benzene rings is 1. The van der Waals surface area contributed by atoms with Gasteiger partial charge in [0.15, 0.2) is 0 Å². The lowest BCUT2D eigenvalue weighted by Gasteiger charge is -2.22. The molecule has 1 aliphatic heterocycles. The van der Waals surface area contributed by atoms with Crippen molar-refractivity contribution < 1.29 is 13.9 Å². The molecule has 1 heterocycles. The Bertz CT molecular complexity index is 459. The summed E-state index contributed by atoms with van der Waals surface area (Å²) in [6.07, 6.45) is 3.09. The quantitative estimate of drug-likeness (QED) is 0.863. The van der Waals surface area contributed by atoms with Crippen LogP contribution >= 0.6 is 0 Å². The number of methoxy groups -OCH3 is 1. The van der Waals surface area contributed by atoms with Crippen LogP contribution in [-0.4, -0.2) is 25.6 Å². The number of hydrogen-bond donors (Lipinski definition) is 2. The second-order valence-electron chi connectivity index (χ2n) is 5.08. The molecule has 1 aromatic rings. The molecule has 1 amide bonds. The van der Waals surface area contributed by atoms with E-state index in [4.69, 9.17) is 4.74 Å². The molecule has 20 heavy (non-hydrogen) atoms. The first-order chi connectivity index (χ1) is 9.70. The van der Waals surface area contributed by atoms with E-state index in [0.29, 0.717) is 12.1 Å². The molecule has 1 aromatic carbocycles. The lowest BCUT2D eigenvalue weighted by atomic mass is 10.0. The maximum atomic E-state index is 13.5. The van der Waals surface area contributed by atoms with Gasteiger partial charge in [-0.1, -0.05) is 12.5 Å². The van der Waals surface area contributed by atoms with Gasteiger partial charge in [-0.15, -0.1) is 0 Å². The van der Waals surface area contributed by atoms with Crippen molar-refractivity contribution in [3.63, 3.8) is 0 Å². The van der Waals surface area contributed by atoms with Gasteiger partial charge in [-0.05, 0) is 37.1 Å². The molecule has 1 unspecified atom stereocenters. The average molecular weight is 280 g/mol. The molecule has 2 N–H and O–H groups in total. The Morgan fingerprint density at radius 2 is 2.35 bits per heavy atom. The molecular weight excluding hydrogens is 259 g/mol. The van der Waals surface area contributed by atoms with Crippen LogP contribution in [0.25, 0.3) is 0 Å². The second kappa shape index (κ2) is 7.36. The number of nitrogens with one attached hydrogen (secondary N) is 2. The third kappa shape index (κ3) is 4.02. The van der Waals surface area contributed by atoms with Crippen molar-refractivity contribution in [3.8, 4) is 0 Å². The third-order valence-corrected chi connectivity index (χ3v) is 3.50. The van der Waals surface area contributed by atoms with Crippen molar-refractivity contribution in [1.29, 1.82) is 0 Å². The van der Waals surface area contributed by atoms with Gasteiger partial charge in [-0.25, -0.2) is 4.39 Å². The number of ether oxygens (including phenoxy) is 1. The fraction of sp³-hybridized carbons (Fsp3) is 0.533. The molecule has 0 aromatic heterocycles. The van der Waals surface area contributed by atoms with Gasteiger partial charge in [-0.3, -0.25) is 4.79 Å². The minimum atomic E-state index is -0.282. The van der Waals surface area contributed by atoms with Crippen LogP contribution in [0, 0.1) is 5.82 Å². The van der Waals surface area contributed by atoms with Crippen LogP contribution in [0.1, 0.15) is 30.4 Å². The van der Waals surface area contributed by atoms with Gasteiger partial charge in [-0.2, -0.15) is 0 Å². The van der Waals surface area contributed by atoms with E-state index in [0.717, 1.165) is 31.4 Å². The summed E-state index contributed by atoms with van der Waals surface area (Å²) in [6.45, 7) is 1.54. The molecule has 1 atom stereocenters. The van der Waals surface area contributed by atoms with Crippen LogP contribution in [0.15, 0.2) is 18.2 Å². The number of piperidine rings is 1. The Hall–Kier alpha value is -1.46. The number of carbonyl (C=O) groups is 1. The maximum Gasteiger partial charge on any atom is 0.237 e. The largest absolute Gasteiger partial charge is 0.380 e. The van der Waals surface area contributed by atoms with Gasteiger partial charge < -0.3 is 15.4 Å². The summed E-state index contributed by atoms with van der Waals surface area (Å²) >= 11 is 0. The topological polar surface area (TPSA) is 50.4 Å². The summed E-state index contributed by atoms with van der Waals surface area (Å²) < 4.78 is 18.4. The zero-order chi connectivity index (χ0) is 14.4. The van der Waals surface area contributed by atoms with Crippen LogP contribution in [0.2, 0.25) is 0 Å².